The number of urea groups is 1. The van der Waals surface area contributed by atoms with Crippen LogP contribution >= 0.6 is 0 Å². The summed E-state index contributed by atoms with van der Waals surface area (Å²) < 4.78 is 49.9. The fourth-order valence-corrected chi connectivity index (χ4v) is 2.07. The molecule has 2 N–H and O–H groups in total. The molecule has 24 heavy (non-hydrogen) atoms. The van der Waals surface area contributed by atoms with Crippen LogP contribution < -0.4 is 20.1 Å². The summed E-state index contributed by atoms with van der Waals surface area (Å²) in [4.78, 5) is 15.7. The van der Waals surface area contributed by atoms with Crippen LogP contribution in [0.15, 0.2) is 48.8 Å². The van der Waals surface area contributed by atoms with Gasteiger partial charge < -0.3 is 14.8 Å². The highest BCUT2D eigenvalue weighted by Crippen LogP contribution is 2.44. The summed E-state index contributed by atoms with van der Waals surface area (Å²) in [7, 11) is 0. The standard InChI is InChI=1S/C15H12F3N3O3/c16-14(17,18)15(23-11-5-1-2-6-12(11)24-15)21-13(22)20-9-10-4-3-7-19-8-10/h1-8H,9H2,(H2,20,21,22). The van der Waals surface area contributed by atoms with Gasteiger partial charge in [0, 0.05) is 18.9 Å². The molecule has 3 rings (SSSR count). The highest BCUT2D eigenvalue weighted by atomic mass is 19.4. The van der Waals surface area contributed by atoms with Gasteiger partial charge >= 0.3 is 18.1 Å². The quantitative estimate of drug-likeness (QED) is 0.902. The van der Waals surface area contributed by atoms with Crippen molar-refractivity contribution in [2.75, 3.05) is 0 Å². The second kappa shape index (κ2) is 5.91. The van der Waals surface area contributed by atoms with Crippen molar-refractivity contribution in [2.45, 2.75) is 18.6 Å². The lowest BCUT2D eigenvalue weighted by molar-refractivity contribution is -0.317. The summed E-state index contributed by atoms with van der Waals surface area (Å²) in [6, 6.07) is 7.85. The van der Waals surface area contributed by atoms with Gasteiger partial charge in [0.1, 0.15) is 0 Å². The van der Waals surface area contributed by atoms with Crippen molar-refractivity contribution in [1.29, 1.82) is 0 Å². The molecule has 2 heterocycles. The minimum Gasteiger partial charge on any atom is -0.424 e. The van der Waals surface area contributed by atoms with Crippen LogP contribution in [0, 0.1) is 0 Å². The maximum absolute atomic E-state index is 13.4. The number of fused-ring (bicyclic) bond motifs is 1. The third-order valence-electron chi connectivity index (χ3n) is 3.18. The second-order valence-corrected chi connectivity index (χ2v) is 4.93. The number of hydrogen-bond acceptors (Lipinski definition) is 4. The zero-order valence-corrected chi connectivity index (χ0v) is 12.1. The van der Waals surface area contributed by atoms with E-state index in [1.807, 2.05) is 0 Å². The van der Waals surface area contributed by atoms with Gasteiger partial charge in [-0.15, -0.1) is 0 Å². The molecule has 2 aromatic rings. The molecule has 126 valence electrons. The summed E-state index contributed by atoms with van der Waals surface area (Å²) >= 11 is 0. The van der Waals surface area contributed by atoms with E-state index in [0.29, 0.717) is 5.56 Å². The number of amides is 2. The Morgan fingerprint density at radius 2 is 1.79 bits per heavy atom. The van der Waals surface area contributed by atoms with E-state index >= 15 is 0 Å². The second-order valence-electron chi connectivity index (χ2n) is 4.93. The number of pyridine rings is 1. The highest BCUT2D eigenvalue weighted by molar-refractivity contribution is 5.74. The van der Waals surface area contributed by atoms with Crippen LogP contribution in [0.2, 0.25) is 0 Å². The highest BCUT2D eigenvalue weighted by Gasteiger charge is 2.65. The Hall–Kier alpha value is -2.97. The smallest absolute Gasteiger partial charge is 0.424 e. The molecular formula is C15H12F3N3O3. The van der Waals surface area contributed by atoms with E-state index in [4.69, 9.17) is 9.47 Å². The average molecular weight is 339 g/mol. The van der Waals surface area contributed by atoms with Crippen LogP contribution in [0.1, 0.15) is 5.56 Å². The normalized spacial score (nSPS) is 15.0. The van der Waals surface area contributed by atoms with Crippen molar-refractivity contribution in [1.82, 2.24) is 15.6 Å². The van der Waals surface area contributed by atoms with E-state index in [1.165, 1.54) is 30.5 Å². The molecule has 0 unspecified atom stereocenters. The van der Waals surface area contributed by atoms with Gasteiger partial charge in [0.15, 0.2) is 11.5 Å². The molecule has 0 radical (unpaired) electrons. The van der Waals surface area contributed by atoms with E-state index < -0.39 is 18.1 Å². The van der Waals surface area contributed by atoms with E-state index in [-0.39, 0.29) is 18.0 Å². The van der Waals surface area contributed by atoms with Crippen molar-refractivity contribution in [2.24, 2.45) is 0 Å². The van der Waals surface area contributed by atoms with Crippen LogP contribution in [0.25, 0.3) is 0 Å². The Morgan fingerprint density at radius 3 is 2.33 bits per heavy atom. The minimum absolute atomic E-state index is 0.000554. The van der Waals surface area contributed by atoms with Gasteiger partial charge in [-0.2, -0.15) is 13.2 Å². The fourth-order valence-electron chi connectivity index (χ4n) is 2.07. The number of halogens is 3. The molecular weight excluding hydrogens is 327 g/mol. The minimum atomic E-state index is -4.99. The molecule has 0 saturated carbocycles. The molecule has 1 aliphatic heterocycles. The summed E-state index contributed by atoms with van der Waals surface area (Å²) in [6.45, 7) is 0.000554. The molecule has 0 fully saturated rings. The van der Waals surface area contributed by atoms with Gasteiger partial charge in [-0.25, -0.2) is 4.79 Å². The number of rotatable bonds is 3. The van der Waals surface area contributed by atoms with Crippen molar-refractivity contribution in [3.8, 4) is 11.5 Å². The Morgan fingerprint density at radius 1 is 1.12 bits per heavy atom. The van der Waals surface area contributed by atoms with E-state index in [0.717, 1.165) is 0 Å². The number of para-hydroxylation sites is 2. The number of nitrogens with zero attached hydrogens (tertiary/aromatic N) is 1. The number of carbonyl (C=O) groups is 1. The van der Waals surface area contributed by atoms with Gasteiger partial charge in [0.25, 0.3) is 0 Å². The number of hydrogen-bond donors (Lipinski definition) is 2. The first-order chi connectivity index (χ1) is 11.4. The van der Waals surface area contributed by atoms with Gasteiger partial charge in [-0.1, -0.05) is 18.2 Å². The number of nitrogens with one attached hydrogen (secondary N) is 2. The SMILES string of the molecule is O=C(NCc1cccnc1)NC1(C(F)(F)F)Oc2ccccc2O1. The molecule has 1 aromatic heterocycles. The maximum Gasteiger partial charge on any atom is 0.492 e. The fraction of sp³-hybridized carbons (Fsp3) is 0.200. The summed E-state index contributed by atoms with van der Waals surface area (Å²) in [5.41, 5.74) is 0.630. The lowest BCUT2D eigenvalue weighted by atomic mass is 10.3. The van der Waals surface area contributed by atoms with Crippen molar-refractivity contribution >= 4 is 6.03 Å². The maximum atomic E-state index is 13.4. The van der Waals surface area contributed by atoms with Crippen molar-refractivity contribution in [3.05, 3.63) is 54.4 Å². The van der Waals surface area contributed by atoms with E-state index in [9.17, 15) is 18.0 Å². The molecule has 6 nitrogen and oxygen atoms in total. The Kier molecular flexibility index (Phi) is 3.92. The molecule has 2 amide bonds. The number of benzene rings is 1. The van der Waals surface area contributed by atoms with Gasteiger partial charge in [0.2, 0.25) is 0 Å². The van der Waals surface area contributed by atoms with E-state index in [1.54, 1.807) is 23.6 Å². The number of alkyl halides is 3. The zero-order valence-electron chi connectivity index (χ0n) is 12.1. The van der Waals surface area contributed by atoms with E-state index in [2.05, 4.69) is 10.3 Å². The largest absolute Gasteiger partial charge is 0.492 e. The summed E-state index contributed by atoms with van der Waals surface area (Å²) in [6.07, 6.45) is -1.96. The number of aromatic nitrogens is 1. The summed E-state index contributed by atoms with van der Waals surface area (Å²) in [5.74, 6) is -3.49. The predicted molar refractivity (Wildman–Crippen MR) is 76.1 cm³/mol. The Labute approximate surface area is 134 Å². The predicted octanol–water partition coefficient (Wildman–Crippen LogP) is 2.57. The topological polar surface area (TPSA) is 72.5 Å². The van der Waals surface area contributed by atoms with Crippen LogP contribution in [0.4, 0.5) is 18.0 Å². The van der Waals surface area contributed by atoms with Crippen molar-refractivity contribution in [3.63, 3.8) is 0 Å². The molecule has 1 aromatic carbocycles. The number of ether oxygens (including phenoxy) is 2. The Balaban J connectivity index is 1.71. The number of carbonyl (C=O) groups excluding carboxylic acids is 1. The lowest BCUT2D eigenvalue weighted by Gasteiger charge is -2.29. The first-order valence-electron chi connectivity index (χ1n) is 6.88. The van der Waals surface area contributed by atoms with Crippen LogP contribution in [0.5, 0.6) is 11.5 Å². The molecule has 0 atom stereocenters. The molecule has 0 saturated heterocycles. The third kappa shape index (κ3) is 3.05. The molecule has 9 heteroatoms. The zero-order chi connectivity index (χ0) is 17.2. The molecule has 0 bridgehead atoms. The van der Waals surface area contributed by atoms with Crippen molar-refractivity contribution < 1.29 is 27.4 Å². The van der Waals surface area contributed by atoms with Gasteiger partial charge in [0.05, 0.1) is 0 Å². The molecule has 0 aliphatic carbocycles. The molecule has 0 spiro atoms. The van der Waals surface area contributed by atoms with Gasteiger partial charge in [-0.3, -0.25) is 10.3 Å². The van der Waals surface area contributed by atoms with Crippen LogP contribution in [-0.4, -0.2) is 23.1 Å². The average Bonchev–Trinajstić information content (AvgIpc) is 2.93. The Bertz CT molecular complexity index is 712. The summed E-state index contributed by atoms with van der Waals surface area (Å²) in [5, 5.41) is 4.01. The molecule has 1 aliphatic rings. The van der Waals surface area contributed by atoms with Crippen LogP contribution in [0.3, 0.4) is 0 Å². The van der Waals surface area contributed by atoms with Gasteiger partial charge in [-0.05, 0) is 23.8 Å². The lowest BCUT2D eigenvalue weighted by Crippen LogP contribution is -2.66. The third-order valence-corrected chi connectivity index (χ3v) is 3.18. The first-order valence-corrected chi connectivity index (χ1v) is 6.88. The monoisotopic (exact) mass is 339 g/mol. The first kappa shape index (κ1) is 15.9. The van der Waals surface area contributed by atoms with Crippen LogP contribution in [-0.2, 0) is 6.54 Å².